The fourth-order valence-electron chi connectivity index (χ4n) is 2.17. The zero-order valence-corrected chi connectivity index (χ0v) is 10.6. The molecule has 4 nitrogen and oxygen atoms in total. The van der Waals surface area contributed by atoms with Gasteiger partial charge in [0.2, 0.25) is 0 Å². The van der Waals surface area contributed by atoms with Gasteiger partial charge in [-0.1, -0.05) is 6.07 Å². The Labute approximate surface area is 102 Å². The molecule has 1 heterocycles. The van der Waals surface area contributed by atoms with E-state index in [4.69, 9.17) is 14.2 Å². The molecule has 0 saturated carbocycles. The number of hydrogen-bond donors (Lipinski definition) is 1. The Morgan fingerprint density at radius 2 is 1.71 bits per heavy atom. The van der Waals surface area contributed by atoms with Crippen LogP contribution in [0.2, 0.25) is 0 Å². The van der Waals surface area contributed by atoms with Gasteiger partial charge in [-0.2, -0.15) is 0 Å². The molecule has 0 spiro atoms. The minimum absolute atomic E-state index is 0.123. The summed E-state index contributed by atoms with van der Waals surface area (Å²) in [5.74, 6) is 1.71. The van der Waals surface area contributed by atoms with Crippen molar-refractivity contribution >= 4 is 0 Å². The summed E-state index contributed by atoms with van der Waals surface area (Å²) < 4.78 is 16.4. The molecule has 0 bridgehead atoms. The Morgan fingerprint density at radius 3 is 2.06 bits per heavy atom. The van der Waals surface area contributed by atoms with Crippen LogP contribution in [0.5, 0.6) is 11.5 Å². The normalized spacial score (nSPS) is 17.4. The highest BCUT2D eigenvalue weighted by Crippen LogP contribution is 2.33. The molecule has 0 amide bonds. The van der Waals surface area contributed by atoms with Crippen LogP contribution >= 0.6 is 0 Å². The van der Waals surface area contributed by atoms with Crippen LogP contribution in [-0.2, 0) is 11.2 Å². The van der Waals surface area contributed by atoms with Gasteiger partial charge in [-0.3, -0.25) is 0 Å². The summed E-state index contributed by atoms with van der Waals surface area (Å²) in [5, 5.41) is 3.24. The Bertz CT molecular complexity index is 360. The predicted octanol–water partition coefficient (Wildman–Crippen LogP) is 1.23. The molecule has 94 valence electrons. The topological polar surface area (TPSA) is 39.7 Å². The molecule has 0 atom stereocenters. The highest BCUT2D eigenvalue weighted by atomic mass is 16.5. The number of methoxy groups -OCH3 is 3. The van der Waals surface area contributed by atoms with Crippen LogP contribution in [0.1, 0.15) is 5.56 Å². The number of nitrogens with one attached hydrogen (secondary N) is 1. The number of benzene rings is 1. The van der Waals surface area contributed by atoms with Crippen molar-refractivity contribution in [3.63, 3.8) is 0 Å². The third kappa shape index (κ3) is 2.23. The van der Waals surface area contributed by atoms with Crippen molar-refractivity contribution in [2.75, 3.05) is 34.4 Å². The van der Waals surface area contributed by atoms with E-state index in [9.17, 15) is 0 Å². The molecule has 1 N–H and O–H groups in total. The number of hydrogen-bond acceptors (Lipinski definition) is 4. The van der Waals surface area contributed by atoms with Gasteiger partial charge in [-0.15, -0.1) is 0 Å². The third-order valence-corrected chi connectivity index (χ3v) is 3.36. The van der Waals surface area contributed by atoms with Gasteiger partial charge in [0.15, 0.2) is 0 Å². The molecular formula is C13H19NO3. The zero-order valence-electron chi connectivity index (χ0n) is 10.6. The fourth-order valence-corrected chi connectivity index (χ4v) is 2.17. The zero-order chi connectivity index (χ0) is 12.3. The largest absolute Gasteiger partial charge is 0.496 e. The van der Waals surface area contributed by atoms with E-state index >= 15 is 0 Å². The van der Waals surface area contributed by atoms with Gasteiger partial charge in [-0.05, 0) is 12.1 Å². The van der Waals surface area contributed by atoms with Crippen LogP contribution in [-0.4, -0.2) is 40.0 Å². The lowest BCUT2D eigenvalue weighted by Crippen LogP contribution is -2.61. The molecule has 4 heteroatoms. The van der Waals surface area contributed by atoms with E-state index in [1.165, 1.54) is 0 Å². The van der Waals surface area contributed by atoms with E-state index < -0.39 is 0 Å². The third-order valence-electron chi connectivity index (χ3n) is 3.36. The van der Waals surface area contributed by atoms with Crippen molar-refractivity contribution in [1.29, 1.82) is 0 Å². The monoisotopic (exact) mass is 237 g/mol. The Morgan fingerprint density at radius 1 is 1.12 bits per heavy atom. The average Bonchev–Trinajstić information content (AvgIpc) is 2.33. The molecule has 0 radical (unpaired) electrons. The van der Waals surface area contributed by atoms with Crippen LogP contribution in [0.15, 0.2) is 18.2 Å². The van der Waals surface area contributed by atoms with Crippen LogP contribution in [0.4, 0.5) is 0 Å². The van der Waals surface area contributed by atoms with E-state index in [1.54, 1.807) is 21.3 Å². The maximum Gasteiger partial charge on any atom is 0.125 e. The Kier molecular flexibility index (Phi) is 3.54. The quantitative estimate of drug-likeness (QED) is 0.836. The molecule has 1 saturated heterocycles. The van der Waals surface area contributed by atoms with Crippen molar-refractivity contribution in [3.05, 3.63) is 23.8 Å². The molecule has 1 aromatic carbocycles. The van der Waals surface area contributed by atoms with Crippen molar-refractivity contribution in [1.82, 2.24) is 5.32 Å². The summed E-state index contributed by atoms with van der Waals surface area (Å²) in [7, 11) is 5.11. The molecule has 2 rings (SSSR count). The molecule has 0 unspecified atom stereocenters. The minimum Gasteiger partial charge on any atom is -0.496 e. The van der Waals surface area contributed by atoms with Crippen molar-refractivity contribution < 1.29 is 14.2 Å². The van der Waals surface area contributed by atoms with Crippen molar-refractivity contribution in [3.8, 4) is 11.5 Å². The predicted molar refractivity (Wildman–Crippen MR) is 65.9 cm³/mol. The maximum absolute atomic E-state index is 5.60. The fraction of sp³-hybridized carbons (Fsp3) is 0.538. The van der Waals surface area contributed by atoms with E-state index in [2.05, 4.69) is 5.32 Å². The highest BCUT2D eigenvalue weighted by molar-refractivity contribution is 5.46. The molecule has 17 heavy (non-hydrogen) atoms. The number of rotatable bonds is 5. The molecule has 1 aromatic rings. The second-order valence-corrected chi connectivity index (χ2v) is 4.31. The van der Waals surface area contributed by atoms with E-state index in [0.29, 0.717) is 0 Å². The van der Waals surface area contributed by atoms with Gasteiger partial charge >= 0.3 is 0 Å². The summed E-state index contributed by atoms with van der Waals surface area (Å²) in [6.07, 6.45) is 0.795. The second-order valence-electron chi connectivity index (χ2n) is 4.31. The summed E-state index contributed by atoms with van der Waals surface area (Å²) in [6, 6.07) is 5.83. The second kappa shape index (κ2) is 4.94. The lowest BCUT2D eigenvalue weighted by Gasteiger charge is -2.41. The first-order valence-electron chi connectivity index (χ1n) is 5.70. The molecule has 0 aliphatic carbocycles. The Hall–Kier alpha value is -1.26. The number of ether oxygens (including phenoxy) is 3. The lowest BCUT2D eigenvalue weighted by molar-refractivity contribution is -0.0508. The van der Waals surface area contributed by atoms with Crippen LogP contribution in [0, 0.1) is 0 Å². The SMILES string of the molecule is COc1cccc(OC)c1CC1(OC)CNC1. The van der Waals surface area contributed by atoms with Crippen molar-refractivity contribution in [2.24, 2.45) is 0 Å². The maximum atomic E-state index is 5.60. The van der Waals surface area contributed by atoms with Gasteiger partial charge in [-0.25, -0.2) is 0 Å². The van der Waals surface area contributed by atoms with Crippen LogP contribution < -0.4 is 14.8 Å². The average molecular weight is 237 g/mol. The summed E-state index contributed by atoms with van der Waals surface area (Å²) >= 11 is 0. The van der Waals surface area contributed by atoms with Gasteiger partial charge in [0, 0.05) is 32.2 Å². The first-order chi connectivity index (χ1) is 8.24. The van der Waals surface area contributed by atoms with Crippen molar-refractivity contribution in [2.45, 2.75) is 12.0 Å². The summed E-state index contributed by atoms with van der Waals surface area (Å²) in [6.45, 7) is 1.73. The van der Waals surface area contributed by atoms with E-state index in [0.717, 1.165) is 36.6 Å². The summed E-state index contributed by atoms with van der Waals surface area (Å²) in [5.41, 5.74) is 0.947. The molecule has 1 aliphatic rings. The first kappa shape index (κ1) is 12.2. The van der Waals surface area contributed by atoms with Crippen LogP contribution in [0.3, 0.4) is 0 Å². The molecule has 0 aromatic heterocycles. The molecule has 1 fully saturated rings. The first-order valence-corrected chi connectivity index (χ1v) is 5.70. The van der Waals surface area contributed by atoms with Gasteiger partial charge in [0.05, 0.1) is 19.8 Å². The lowest BCUT2D eigenvalue weighted by atomic mass is 9.88. The summed E-state index contributed by atoms with van der Waals surface area (Å²) in [4.78, 5) is 0. The highest BCUT2D eigenvalue weighted by Gasteiger charge is 2.38. The Balaban J connectivity index is 2.29. The minimum atomic E-state index is -0.123. The molecular weight excluding hydrogens is 218 g/mol. The van der Waals surface area contributed by atoms with Gasteiger partial charge in [0.25, 0.3) is 0 Å². The van der Waals surface area contributed by atoms with Gasteiger partial charge < -0.3 is 19.5 Å². The van der Waals surface area contributed by atoms with Gasteiger partial charge in [0.1, 0.15) is 11.5 Å². The van der Waals surface area contributed by atoms with Crippen LogP contribution in [0.25, 0.3) is 0 Å². The van der Waals surface area contributed by atoms with E-state index in [-0.39, 0.29) is 5.60 Å². The molecule has 1 aliphatic heterocycles. The standard InChI is InChI=1S/C13H19NO3/c1-15-11-5-4-6-12(16-2)10(11)7-13(17-3)8-14-9-13/h4-6,14H,7-9H2,1-3H3. The van der Waals surface area contributed by atoms with E-state index in [1.807, 2.05) is 18.2 Å². The smallest absolute Gasteiger partial charge is 0.125 e.